The number of aliphatic imine (C=N–C) groups is 1. The Balaban J connectivity index is 5.35. The number of primary amides is 1. The van der Waals surface area contributed by atoms with E-state index in [0.717, 1.165) is 6.92 Å². The molecule has 0 aromatic heterocycles. The maximum Gasteiger partial charge on any atom is 0.326 e. The van der Waals surface area contributed by atoms with Gasteiger partial charge >= 0.3 is 11.9 Å². The van der Waals surface area contributed by atoms with Gasteiger partial charge in [-0.3, -0.25) is 29.0 Å². The molecule has 0 spiro atoms. The molecule has 0 radical (unpaired) electrons. The van der Waals surface area contributed by atoms with Gasteiger partial charge in [0.05, 0.1) is 25.0 Å². The number of carbonyl (C=O) groups excluding carboxylic acids is 4. The van der Waals surface area contributed by atoms with E-state index in [4.69, 9.17) is 33.1 Å². The van der Waals surface area contributed by atoms with Gasteiger partial charge in [-0.25, -0.2) is 4.79 Å². The van der Waals surface area contributed by atoms with Crippen LogP contribution in [0.25, 0.3) is 0 Å². The second-order valence-electron chi connectivity index (χ2n) is 7.51. The molecule has 4 amide bonds. The van der Waals surface area contributed by atoms with Crippen molar-refractivity contribution in [3.8, 4) is 0 Å². The first-order valence-corrected chi connectivity index (χ1v) is 10.3. The van der Waals surface area contributed by atoms with Crippen LogP contribution in [0.3, 0.4) is 0 Å². The number of aliphatic carboxylic acids is 2. The lowest BCUT2D eigenvalue weighted by atomic mass is 10.1. The maximum atomic E-state index is 12.7. The highest BCUT2D eigenvalue weighted by Crippen LogP contribution is 2.03. The molecule has 0 rings (SSSR count). The lowest BCUT2D eigenvalue weighted by Gasteiger charge is -2.26. The number of carboxylic acids is 2. The zero-order valence-electron chi connectivity index (χ0n) is 19.0. The van der Waals surface area contributed by atoms with Crippen LogP contribution in [-0.4, -0.2) is 93.7 Å². The Labute approximate surface area is 199 Å². The van der Waals surface area contributed by atoms with Crippen LogP contribution in [0.5, 0.6) is 0 Å². The molecular weight excluding hydrogens is 472 g/mol. The summed E-state index contributed by atoms with van der Waals surface area (Å²) in [6.07, 6.45) is -2.79. The molecule has 0 bridgehead atoms. The third kappa shape index (κ3) is 12.7. The number of guanidine groups is 1. The minimum atomic E-state index is -1.86. The first-order valence-electron chi connectivity index (χ1n) is 10.3. The number of nitrogens with two attached hydrogens (primary N) is 4. The maximum absolute atomic E-state index is 12.7. The molecule has 0 saturated heterocycles. The largest absolute Gasteiger partial charge is 0.481 e. The van der Waals surface area contributed by atoms with Crippen molar-refractivity contribution in [3.05, 3.63) is 0 Å². The van der Waals surface area contributed by atoms with Gasteiger partial charge in [-0.05, 0) is 19.8 Å². The summed E-state index contributed by atoms with van der Waals surface area (Å²) in [5, 5.41) is 34.0. The Morgan fingerprint density at radius 2 is 1.43 bits per heavy atom. The Morgan fingerprint density at radius 3 is 1.89 bits per heavy atom. The summed E-state index contributed by atoms with van der Waals surface area (Å²) in [5.41, 5.74) is 21.2. The third-order valence-corrected chi connectivity index (χ3v) is 4.40. The molecule has 5 unspecified atom stereocenters. The van der Waals surface area contributed by atoms with E-state index in [1.165, 1.54) is 0 Å². The Bertz CT molecular complexity index is 829. The number of rotatable bonds is 16. The van der Waals surface area contributed by atoms with Crippen LogP contribution >= 0.6 is 0 Å². The number of hydrogen-bond donors (Lipinski definition) is 10. The van der Waals surface area contributed by atoms with Crippen molar-refractivity contribution in [2.75, 3.05) is 6.54 Å². The van der Waals surface area contributed by atoms with Gasteiger partial charge in [-0.15, -0.1) is 0 Å². The third-order valence-electron chi connectivity index (χ3n) is 4.40. The topological polar surface area (TPSA) is 316 Å². The van der Waals surface area contributed by atoms with Gasteiger partial charge in [0.2, 0.25) is 23.6 Å². The molecule has 0 aliphatic rings. The Hall–Kier alpha value is -3.99. The highest BCUT2D eigenvalue weighted by molar-refractivity contribution is 5.96. The molecule has 0 saturated carbocycles. The van der Waals surface area contributed by atoms with E-state index in [2.05, 4.69) is 15.6 Å². The van der Waals surface area contributed by atoms with Gasteiger partial charge in [0.15, 0.2) is 5.96 Å². The first-order chi connectivity index (χ1) is 16.1. The van der Waals surface area contributed by atoms with Crippen LogP contribution < -0.4 is 38.9 Å². The number of nitrogens with one attached hydrogen (secondary N) is 3. The highest BCUT2D eigenvalue weighted by atomic mass is 16.4. The van der Waals surface area contributed by atoms with Crippen molar-refractivity contribution in [1.82, 2.24) is 16.0 Å². The quantitative estimate of drug-likeness (QED) is 0.0535. The molecule has 0 aromatic carbocycles. The fourth-order valence-electron chi connectivity index (χ4n) is 2.63. The van der Waals surface area contributed by atoms with Crippen LogP contribution in [0.15, 0.2) is 4.99 Å². The van der Waals surface area contributed by atoms with Crippen molar-refractivity contribution in [2.24, 2.45) is 27.9 Å². The summed E-state index contributed by atoms with van der Waals surface area (Å²) < 4.78 is 0. The normalized spacial score (nSPS) is 14.8. The Morgan fingerprint density at radius 1 is 0.857 bits per heavy atom. The predicted octanol–water partition coefficient (Wildman–Crippen LogP) is -5.36. The van der Waals surface area contributed by atoms with Crippen molar-refractivity contribution >= 4 is 41.5 Å². The molecular formula is C18H32N8O9. The minimum absolute atomic E-state index is 0.129. The van der Waals surface area contributed by atoms with Crippen molar-refractivity contribution in [1.29, 1.82) is 0 Å². The molecule has 35 heavy (non-hydrogen) atoms. The zero-order chi connectivity index (χ0) is 27.3. The van der Waals surface area contributed by atoms with E-state index in [-0.39, 0.29) is 18.9 Å². The molecule has 0 heterocycles. The predicted molar refractivity (Wildman–Crippen MR) is 119 cm³/mol. The van der Waals surface area contributed by atoms with Crippen molar-refractivity contribution in [3.63, 3.8) is 0 Å². The molecule has 0 aliphatic carbocycles. The van der Waals surface area contributed by atoms with Crippen LogP contribution in [0.1, 0.15) is 32.6 Å². The van der Waals surface area contributed by atoms with Crippen LogP contribution in [0.4, 0.5) is 0 Å². The van der Waals surface area contributed by atoms with Gasteiger partial charge in [0.25, 0.3) is 0 Å². The Kier molecular flexibility index (Phi) is 13.3. The lowest BCUT2D eigenvalue weighted by Crippen LogP contribution is -2.60. The molecule has 0 aliphatic heterocycles. The number of nitrogens with zero attached hydrogens (tertiary/aromatic N) is 1. The van der Waals surface area contributed by atoms with Gasteiger partial charge in [0, 0.05) is 6.54 Å². The summed E-state index contributed by atoms with van der Waals surface area (Å²) in [6.45, 7) is 1.36. The lowest BCUT2D eigenvalue weighted by molar-refractivity contribution is -0.147. The number of carboxylic acid groups (broad SMARTS) is 2. The van der Waals surface area contributed by atoms with Crippen LogP contribution in [-0.2, 0) is 28.8 Å². The van der Waals surface area contributed by atoms with E-state index in [9.17, 15) is 33.9 Å². The summed E-state index contributed by atoms with van der Waals surface area (Å²) in [7, 11) is 0. The molecule has 0 fully saturated rings. The summed E-state index contributed by atoms with van der Waals surface area (Å²) in [5.74, 6) is -7.56. The minimum Gasteiger partial charge on any atom is -0.481 e. The van der Waals surface area contributed by atoms with E-state index in [1.54, 1.807) is 0 Å². The molecule has 198 valence electrons. The average molecular weight is 505 g/mol. The molecule has 14 N–H and O–H groups in total. The van der Waals surface area contributed by atoms with E-state index >= 15 is 0 Å². The summed E-state index contributed by atoms with van der Waals surface area (Å²) in [6, 6.07) is -6.32. The van der Waals surface area contributed by atoms with E-state index in [1.807, 2.05) is 5.32 Å². The van der Waals surface area contributed by atoms with Gasteiger partial charge in [0.1, 0.15) is 18.1 Å². The van der Waals surface area contributed by atoms with Crippen LogP contribution in [0, 0.1) is 0 Å². The number of aliphatic hydroxyl groups is 1. The standard InChI is InChI=1S/C18H32N8O9/c1-7(27)13(26-14(31)8(19)3-2-4-23-18(21)22)16(33)24-9(5-11(20)28)15(32)25-10(17(34)35)6-12(29)30/h7-10,13,27H,2-6,19H2,1H3,(H2,20,28)(H,24,33)(H,25,32)(H,26,31)(H,29,30)(H,34,35)(H4,21,22,23). The fraction of sp³-hybridized carbons (Fsp3) is 0.611. The zero-order valence-corrected chi connectivity index (χ0v) is 19.0. The molecule has 0 aromatic rings. The van der Waals surface area contributed by atoms with Gasteiger partial charge in [-0.1, -0.05) is 0 Å². The monoisotopic (exact) mass is 504 g/mol. The average Bonchev–Trinajstić information content (AvgIpc) is 2.72. The van der Waals surface area contributed by atoms with Gasteiger partial charge in [-0.2, -0.15) is 0 Å². The van der Waals surface area contributed by atoms with E-state index < -0.39 is 78.7 Å². The molecule has 17 heteroatoms. The smallest absolute Gasteiger partial charge is 0.326 e. The van der Waals surface area contributed by atoms with Gasteiger partial charge < -0.3 is 54.2 Å². The van der Waals surface area contributed by atoms with Crippen molar-refractivity contribution < 1.29 is 44.1 Å². The number of amides is 4. The fourth-order valence-corrected chi connectivity index (χ4v) is 2.63. The SMILES string of the molecule is CC(O)C(NC(=O)C(N)CCCN=C(N)N)C(=O)NC(CC(N)=O)C(=O)NC(CC(=O)O)C(=O)O. The first kappa shape index (κ1) is 31.0. The highest BCUT2D eigenvalue weighted by Gasteiger charge is 2.33. The second-order valence-corrected chi connectivity index (χ2v) is 7.51. The van der Waals surface area contributed by atoms with Crippen molar-refractivity contribution in [2.45, 2.75) is 62.9 Å². The summed E-state index contributed by atoms with van der Waals surface area (Å²) >= 11 is 0. The molecule has 17 nitrogen and oxygen atoms in total. The molecule has 5 atom stereocenters. The number of carbonyl (C=O) groups is 6. The number of hydrogen-bond acceptors (Lipinski definition) is 9. The summed E-state index contributed by atoms with van der Waals surface area (Å²) in [4.78, 5) is 74.5. The second kappa shape index (κ2) is 15.0. The van der Waals surface area contributed by atoms with E-state index in [0.29, 0.717) is 6.42 Å². The number of aliphatic hydroxyl groups excluding tert-OH is 1. The van der Waals surface area contributed by atoms with Crippen LogP contribution in [0.2, 0.25) is 0 Å².